The van der Waals surface area contributed by atoms with Crippen molar-refractivity contribution in [1.29, 1.82) is 0 Å². The Labute approximate surface area is 113 Å². The quantitative estimate of drug-likeness (QED) is 0.864. The van der Waals surface area contributed by atoms with Crippen LogP contribution < -0.4 is 16.4 Å². The van der Waals surface area contributed by atoms with E-state index in [0.29, 0.717) is 18.4 Å². The summed E-state index contributed by atoms with van der Waals surface area (Å²) in [5.41, 5.74) is 12.5. The lowest BCUT2D eigenvalue weighted by Crippen LogP contribution is -2.36. The summed E-state index contributed by atoms with van der Waals surface area (Å²) in [5, 5.41) is 4.16. The third-order valence-corrected chi connectivity index (χ3v) is 3.95. The van der Waals surface area contributed by atoms with E-state index in [1.165, 1.54) is 0 Å². The molecule has 0 aliphatic carbocycles. The van der Waals surface area contributed by atoms with Crippen LogP contribution in [0.2, 0.25) is 0 Å². The summed E-state index contributed by atoms with van der Waals surface area (Å²) in [4.78, 5) is 6.85. The van der Waals surface area contributed by atoms with Crippen molar-refractivity contribution >= 4 is 33.2 Å². The third-order valence-electron chi connectivity index (χ3n) is 3.39. The van der Waals surface area contributed by atoms with Gasteiger partial charge in [-0.25, -0.2) is 4.98 Å². The van der Waals surface area contributed by atoms with E-state index in [0.717, 1.165) is 35.3 Å². The smallest absolute Gasteiger partial charge is 0.173 e. The molecule has 6 nitrogen and oxygen atoms in total. The molecule has 0 spiro atoms. The van der Waals surface area contributed by atoms with E-state index in [9.17, 15) is 0 Å². The Hall–Kier alpha value is -1.34. The third kappa shape index (κ3) is 1.74. The molecule has 1 aliphatic rings. The van der Waals surface area contributed by atoms with Gasteiger partial charge in [0.25, 0.3) is 0 Å². The first-order valence-electron chi connectivity index (χ1n) is 5.97. The molecule has 4 N–H and O–H groups in total. The Balaban J connectivity index is 2.09. The van der Waals surface area contributed by atoms with Gasteiger partial charge in [-0.2, -0.15) is 9.61 Å². The summed E-state index contributed by atoms with van der Waals surface area (Å²) >= 11 is 3.43. The molecule has 1 fully saturated rings. The predicted octanol–water partition coefficient (Wildman–Crippen LogP) is 1.00. The van der Waals surface area contributed by atoms with Crippen LogP contribution in [0.15, 0.2) is 16.7 Å². The van der Waals surface area contributed by atoms with Gasteiger partial charge in [-0.3, -0.25) is 0 Å². The molecule has 18 heavy (non-hydrogen) atoms. The number of anilines is 2. The second-order valence-electron chi connectivity index (χ2n) is 4.49. The zero-order chi connectivity index (χ0) is 12.7. The molecule has 0 bridgehead atoms. The lowest BCUT2D eigenvalue weighted by Gasteiger charge is -2.24. The van der Waals surface area contributed by atoms with Gasteiger partial charge in [0.05, 0.1) is 10.7 Å². The molecule has 2 aromatic heterocycles. The zero-order valence-corrected chi connectivity index (χ0v) is 11.5. The highest BCUT2D eigenvalue weighted by molar-refractivity contribution is 9.10. The van der Waals surface area contributed by atoms with Crippen LogP contribution in [0.5, 0.6) is 0 Å². The maximum atomic E-state index is 6.01. The molecule has 1 atom stereocenters. The average molecular weight is 311 g/mol. The van der Waals surface area contributed by atoms with E-state index in [-0.39, 0.29) is 0 Å². The number of halogens is 1. The minimum atomic E-state index is 0.362. The molecule has 96 valence electrons. The molecule has 1 aliphatic heterocycles. The van der Waals surface area contributed by atoms with Crippen LogP contribution in [0.1, 0.15) is 12.8 Å². The van der Waals surface area contributed by atoms with Crippen molar-refractivity contribution in [3.05, 3.63) is 16.7 Å². The van der Waals surface area contributed by atoms with Crippen LogP contribution in [-0.2, 0) is 0 Å². The Bertz CT molecular complexity index is 580. The van der Waals surface area contributed by atoms with Crippen molar-refractivity contribution in [3.63, 3.8) is 0 Å². The molecular weight excluding hydrogens is 296 g/mol. The van der Waals surface area contributed by atoms with Crippen LogP contribution in [0.4, 0.5) is 11.6 Å². The maximum Gasteiger partial charge on any atom is 0.173 e. The van der Waals surface area contributed by atoms with E-state index in [1.54, 1.807) is 10.7 Å². The molecule has 7 heteroatoms. The highest BCUT2D eigenvalue weighted by Gasteiger charge is 2.25. The molecule has 0 unspecified atom stereocenters. The van der Waals surface area contributed by atoms with E-state index >= 15 is 0 Å². The Morgan fingerprint density at radius 1 is 1.50 bits per heavy atom. The fourth-order valence-electron chi connectivity index (χ4n) is 2.48. The molecular formula is C11H15BrN6. The first-order valence-corrected chi connectivity index (χ1v) is 6.76. The first-order chi connectivity index (χ1) is 8.70. The fraction of sp³-hybridized carbons (Fsp3) is 0.455. The number of hydrogen-bond donors (Lipinski definition) is 2. The van der Waals surface area contributed by atoms with E-state index in [1.807, 2.05) is 6.07 Å². The van der Waals surface area contributed by atoms with Gasteiger partial charge in [0.2, 0.25) is 0 Å². The maximum absolute atomic E-state index is 6.01. The minimum Gasteiger partial charge on any atom is -0.383 e. The molecule has 0 aromatic carbocycles. The molecule has 2 aromatic rings. The monoisotopic (exact) mass is 310 g/mol. The van der Waals surface area contributed by atoms with Crippen LogP contribution in [-0.4, -0.2) is 33.7 Å². The van der Waals surface area contributed by atoms with Crippen LogP contribution >= 0.6 is 15.9 Å². The van der Waals surface area contributed by atoms with Gasteiger partial charge in [-0.05, 0) is 28.8 Å². The zero-order valence-electron chi connectivity index (χ0n) is 9.88. The van der Waals surface area contributed by atoms with Crippen LogP contribution in [0.3, 0.4) is 0 Å². The molecule has 0 radical (unpaired) electrons. The largest absolute Gasteiger partial charge is 0.383 e. The average Bonchev–Trinajstić information content (AvgIpc) is 2.96. The van der Waals surface area contributed by atoms with Gasteiger partial charge in [-0.15, -0.1) is 0 Å². The predicted molar refractivity (Wildman–Crippen MR) is 74.5 cm³/mol. The van der Waals surface area contributed by atoms with Crippen molar-refractivity contribution in [2.24, 2.45) is 5.73 Å². The van der Waals surface area contributed by atoms with Crippen LogP contribution in [0.25, 0.3) is 5.65 Å². The van der Waals surface area contributed by atoms with Gasteiger partial charge in [0.15, 0.2) is 5.65 Å². The van der Waals surface area contributed by atoms with Crippen molar-refractivity contribution in [2.75, 3.05) is 23.7 Å². The van der Waals surface area contributed by atoms with Gasteiger partial charge >= 0.3 is 0 Å². The van der Waals surface area contributed by atoms with Crippen molar-refractivity contribution < 1.29 is 0 Å². The lowest BCUT2D eigenvalue weighted by molar-refractivity contribution is 0.671. The lowest BCUT2D eigenvalue weighted by atomic mass is 10.2. The second-order valence-corrected chi connectivity index (χ2v) is 5.35. The number of nitrogens with zero attached hydrogens (tertiary/aromatic N) is 4. The summed E-state index contributed by atoms with van der Waals surface area (Å²) in [6.45, 7) is 1.63. The van der Waals surface area contributed by atoms with Gasteiger partial charge in [0, 0.05) is 25.2 Å². The van der Waals surface area contributed by atoms with Crippen molar-refractivity contribution in [1.82, 2.24) is 14.6 Å². The SMILES string of the molecule is NC[C@H]1CCCN1c1cc(N)n2ncc(Br)c2n1. The molecule has 0 saturated carbocycles. The normalized spacial score (nSPS) is 19.9. The Morgan fingerprint density at radius 2 is 2.33 bits per heavy atom. The molecule has 1 saturated heterocycles. The molecule has 3 heterocycles. The Morgan fingerprint density at radius 3 is 3.11 bits per heavy atom. The number of nitrogens with two attached hydrogens (primary N) is 2. The summed E-state index contributed by atoms with van der Waals surface area (Å²) < 4.78 is 2.47. The number of nitrogen functional groups attached to an aromatic ring is 1. The number of hydrogen-bond acceptors (Lipinski definition) is 5. The number of rotatable bonds is 2. The summed E-state index contributed by atoms with van der Waals surface area (Å²) in [6, 6.07) is 2.22. The highest BCUT2D eigenvalue weighted by Crippen LogP contribution is 2.27. The van der Waals surface area contributed by atoms with Crippen LogP contribution in [0, 0.1) is 0 Å². The number of fused-ring (bicyclic) bond motifs is 1. The second kappa shape index (κ2) is 4.40. The summed E-state index contributed by atoms with van der Waals surface area (Å²) in [5.74, 6) is 1.47. The van der Waals surface area contributed by atoms with E-state index in [4.69, 9.17) is 11.5 Å². The summed E-state index contributed by atoms with van der Waals surface area (Å²) in [7, 11) is 0. The molecule has 0 amide bonds. The summed E-state index contributed by atoms with van der Waals surface area (Å²) in [6.07, 6.45) is 3.96. The van der Waals surface area contributed by atoms with Crippen molar-refractivity contribution in [2.45, 2.75) is 18.9 Å². The number of aromatic nitrogens is 3. The van der Waals surface area contributed by atoms with Gasteiger partial charge in [-0.1, -0.05) is 0 Å². The Kier molecular flexibility index (Phi) is 2.87. The van der Waals surface area contributed by atoms with E-state index in [2.05, 4.69) is 30.9 Å². The first kappa shape index (κ1) is 11.7. The topological polar surface area (TPSA) is 85.5 Å². The fourth-order valence-corrected chi connectivity index (χ4v) is 2.82. The minimum absolute atomic E-state index is 0.362. The highest BCUT2D eigenvalue weighted by atomic mass is 79.9. The van der Waals surface area contributed by atoms with Gasteiger partial charge < -0.3 is 16.4 Å². The van der Waals surface area contributed by atoms with Gasteiger partial charge in [0.1, 0.15) is 11.6 Å². The van der Waals surface area contributed by atoms with E-state index < -0.39 is 0 Å². The standard InChI is InChI=1S/C11H15BrN6/c12-8-6-15-18-9(14)4-10(16-11(8)18)17-3-1-2-7(17)5-13/h4,6-7H,1-3,5,13-14H2/t7-/m1/s1. The van der Waals surface area contributed by atoms with Crippen molar-refractivity contribution in [3.8, 4) is 0 Å². The molecule has 3 rings (SSSR count).